The number of nitrogens with two attached hydrogens (primary N) is 2. The van der Waals surface area contributed by atoms with Crippen molar-refractivity contribution in [3.05, 3.63) is 94.3 Å². The summed E-state index contributed by atoms with van der Waals surface area (Å²) in [4.78, 5) is 54.9. The van der Waals surface area contributed by atoms with E-state index in [-0.39, 0.29) is 42.5 Å². The Morgan fingerprint density at radius 1 is 1.05 bits per heavy atom. The summed E-state index contributed by atoms with van der Waals surface area (Å²) >= 11 is 0. The van der Waals surface area contributed by atoms with Gasteiger partial charge in [0.1, 0.15) is 16.8 Å². The Hall–Kier alpha value is -5.63. The van der Waals surface area contributed by atoms with E-state index in [9.17, 15) is 24.3 Å². The topological polar surface area (TPSA) is 218 Å². The van der Waals surface area contributed by atoms with E-state index in [0.717, 1.165) is 27.9 Å². The van der Waals surface area contributed by atoms with Crippen LogP contribution in [0.15, 0.2) is 59.1 Å². The average molecular weight is 576 g/mol. The lowest BCUT2D eigenvalue weighted by molar-refractivity contribution is 0.0599. The molecule has 0 aliphatic carbocycles. The first-order valence-corrected chi connectivity index (χ1v) is 12.0. The van der Waals surface area contributed by atoms with Crippen LogP contribution in [0.4, 0.5) is 0 Å². The number of primary amides is 1. The maximum absolute atomic E-state index is 12.6. The van der Waals surface area contributed by atoms with Crippen molar-refractivity contribution in [2.75, 3.05) is 7.11 Å². The van der Waals surface area contributed by atoms with Crippen molar-refractivity contribution in [2.45, 2.75) is 27.4 Å². The number of fused-ring (bicyclic) bond motifs is 2. The van der Waals surface area contributed by atoms with Gasteiger partial charge in [0.2, 0.25) is 0 Å². The Kier molecular flexibility index (Phi) is 9.68. The molecule has 0 atom stereocenters. The molecule has 42 heavy (non-hydrogen) atoms. The maximum atomic E-state index is 12.6. The third-order valence-corrected chi connectivity index (χ3v) is 5.81. The predicted molar refractivity (Wildman–Crippen MR) is 151 cm³/mol. The highest BCUT2D eigenvalue weighted by atomic mass is 16.5. The second kappa shape index (κ2) is 13.1. The van der Waals surface area contributed by atoms with Crippen molar-refractivity contribution in [3.63, 3.8) is 0 Å². The van der Waals surface area contributed by atoms with Crippen LogP contribution in [0.5, 0.6) is 0 Å². The molecular formula is C28H29N7O7. The summed E-state index contributed by atoms with van der Waals surface area (Å²) in [6.45, 7) is 2.37. The summed E-state index contributed by atoms with van der Waals surface area (Å²) < 4.78 is 10.9. The lowest BCUT2D eigenvalue weighted by Crippen LogP contribution is -2.25. The fourth-order valence-corrected chi connectivity index (χ4v) is 3.77. The van der Waals surface area contributed by atoms with Crippen LogP contribution in [0.25, 0.3) is 16.7 Å². The zero-order chi connectivity index (χ0) is 29.7. The molecule has 0 saturated heterocycles. The largest absolute Gasteiger partial charge is 0.477 e. The quantitative estimate of drug-likeness (QED) is 0.207. The summed E-state index contributed by atoms with van der Waals surface area (Å²) in [7, 11) is 1.36. The minimum atomic E-state index is -1.34. The molecule has 6 N–H and O–H groups in total. The Bertz CT molecular complexity index is 1780. The molecule has 0 aliphatic heterocycles. The number of rotatable bonds is 7. The third-order valence-electron chi connectivity index (χ3n) is 5.81. The number of aryl methyl sites for hydroxylation is 1. The van der Waals surface area contributed by atoms with E-state index in [1.165, 1.54) is 7.11 Å². The smallest absolute Gasteiger partial charge is 0.354 e. The summed E-state index contributed by atoms with van der Waals surface area (Å²) in [6.07, 6.45) is 1.11. The number of carbonyl (C=O) groups excluding carboxylic acids is 3. The van der Waals surface area contributed by atoms with Gasteiger partial charge < -0.3 is 31.0 Å². The molecule has 2 aromatic carbocycles. The Morgan fingerprint density at radius 2 is 1.74 bits per heavy atom. The SMILES string of the molecule is C.COC(=O)c1ccc(CN)cc1.Cc1nc2cc(CNC(=O)c3cc(C(=O)O)n4ncc(C(N)=O)c4n3)ccc2o1. The number of hydrogen-bond donors (Lipinski definition) is 4. The molecule has 0 fully saturated rings. The summed E-state index contributed by atoms with van der Waals surface area (Å²) in [5, 5.41) is 15.9. The number of aromatic carboxylic acids is 1. The van der Waals surface area contributed by atoms with E-state index in [1.807, 2.05) is 12.1 Å². The van der Waals surface area contributed by atoms with Gasteiger partial charge >= 0.3 is 11.9 Å². The van der Waals surface area contributed by atoms with Crippen molar-refractivity contribution in [1.29, 1.82) is 0 Å². The number of carbonyl (C=O) groups is 4. The zero-order valence-electron chi connectivity index (χ0n) is 22.0. The lowest BCUT2D eigenvalue weighted by Gasteiger charge is -2.07. The van der Waals surface area contributed by atoms with Crippen LogP contribution < -0.4 is 16.8 Å². The van der Waals surface area contributed by atoms with Crippen molar-refractivity contribution in [3.8, 4) is 0 Å². The number of hydrogen-bond acceptors (Lipinski definition) is 10. The number of oxazole rings is 1. The van der Waals surface area contributed by atoms with E-state index >= 15 is 0 Å². The molecule has 5 aromatic rings. The first-order chi connectivity index (χ1) is 19.6. The van der Waals surface area contributed by atoms with Gasteiger partial charge in [-0.05, 0) is 35.4 Å². The molecule has 14 heteroatoms. The number of esters is 1. The van der Waals surface area contributed by atoms with Crippen molar-refractivity contribution in [1.82, 2.24) is 24.9 Å². The molecule has 0 bridgehead atoms. The monoisotopic (exact) mass is 575 g/mol. The fraction of sp³-hybridized carbons (Fsp3) is 0.179. The van der Waals surface area contributed by atoms with Gasteiger partial charge in [-0.1, -0.05) is 25.6 Å². The standard InChI is InChI=1S/C18H14N6O5.C9H11NO2.CH4/c1-8-22-11-4-9(2-3-14(11)29-8)6-20-17(26)12-5-13(18(27)28)24-16(23-12)10(7-21-24)15(19)25;1-12-9(11)8-4-2-7(6-10)3-5-8;/h2-5,7H,6H2,1H3,(H2,19,25)(H,20,26)(H,27,28);2-5H,6,10H2,1H3;1H4. The minimum absolute atomic E-state index is 0. The number of nitrogens with one attached hydrogen (secondary N) is 1. The summed E-state index contributed by atoms with van der Waals surface area (Å²) in [6, 6.07) is 13.4. The van der Waals surface area contributed by atoms with Gasteiger partial charge in [-0.3, -0.25) is 9.59 Å². The van der Waals surface area contributed by atoms with Crippen LogP contribution in [0, 0.1) is 6.92 Å². The van der Waals surface area contributed by atoms with Crippen molar-refractivity contribution >= 4 is 40.5 Å². The second-order valence-electron chi connectivity index (χ2n) is 8.60. The third kappa shape index (κ3) is 6.74. The van der Waals surface area contributed by atoms with Gasteiger partial charge in [0, 0.05) is 26.1 Å². The first kappa shape index (κ1) is 30.9. The number of methoxy groups -OCH3 is 1. The van der Waals surface area contributed by atoms with E-state index in [2.05, 4.69) is 25.1 Å². The molecular weight excluding hydrogens is 546 g/mol. The van der Waals surface area contributed by atoms with Crippen LogP contribution in [0.1, 0.15) is 66.1 Å². The number of carboxylic acids is 1. The lowest BCUT2D eigenvalue weighted by atomic mass is 10.1. The van der Waals surface area contributed by atoms with Gasteiger partial charge in [-0.2, -0.15) is 5.10 Å². The number of benzene rings is 2. The number of ether oxygens (including phenoxy) is 1. The number of amides is 2. The fourth-order valence-electron chi connectivity index (χ4n) is 3.77. The van der Waals surface area contributed by atoms with Crippen LogP contribution in [-0.2, 0) is 17.8 Å². The van der Waals surface area contributed by atoms with Gasteiger partial charge in [-0.25, -0.2) is 24.1 Å². The molecule has 3 heterocycles. The molecule has 218 valence electrons. The van der Waals surface area contributed by atoms with Crippen LogP contribution in [0.3, 0.4) is 0 Å². The second-order valence-corrected chi connectivity index (χ2v) is 8.60. The number of carboxylic acid groups (broad SMARTS) is 1. The van der Waals surface area contributed by atoms with E-state index < -0.39 is 17.8 Å². The molecule has 0 radical (unpaired) electrons. The highest BCUT2D eigenvalue weighted by Crippen LogP contribution is 2.17. The van der Waals surface area contributed by atoms with E-state index in [0.29, 0.717) is 29.1 Å². The molecule has 0 unspecified atom stereocenters. The molecule has 14 nitrogen and oxygen atoms in total. The van der Waals surface area contributed by atoms with Crippen LogP contribution >= 0.6 is 0 Å². The van der Waals surface area contributed by atoms with Crippen molar-refractivity contribution in [2.24, 2.45) is 11.5 Å². The molecule has 0 spiro atoms. The molecule has 0 saturated carbocycles. The molecule has 3 aromatic heterocycles. The maximum Gasteiger partial charge on any atom is 0.354 e. The van der Waals surface area contributed by atoms with Gasteiger partial charge in [-0.15, -0.1) is 0 Å². The Balaban J connectivity index is 0.000000315. The number of nitrogens with zero attached hydrogens (tertiary/aromatic N) is 4. The first-order valence-electron chi connectivity index (χ1n) is 12.0. The normalized spacial score (nSPS) is 10.4. The summed E-state index contributed by atoms with van der Waals surface area (Å²) in [5.74, 6) is -2.58. The van der Waals surface area contributed by atoms with E-state index in [4.69, 9.17) is 15.9 Å². The van der Waals surface area contributed by atoms with Gasteiger partial charge in [0.05, 0.1) is 18.9 Å². The number of aromatic nitrogens is 4. The van der Waals surface area contributed by atoms with Gasteiger partial charge in [0.25, 0.3) is 11.8 Å². The Labute approximate surface area is 239 Å². The Morgan fingerprint density at radius 3 is 2.36 bits per heavy atom. The van der Waals surface area contributed by atoms with Crippen LogP contribution in [0.2, 0.25) is 0 Å². The highest BCUT2D eigenvalue weighted by Gasteiger charge is 2.21. The van der Waals surface area contributed by atoms with E-state index in [1.54, 1.807) is 37.3 Å². The minimum Gasteiger partial charge on any atom is -0.477 e. The van der Waals surface area contributed by atoms with Crippen LogP contribution in [-0.4, -0.2) is 55.6 Å². The average Bonchev–Trinajstić information content (AvgIpc) is 3.57. The predicted octanol–water partition coefficient (Wildman–Crippen LogP) is 2.47. The molecule has 2 amide bonds. The molecule has 5 rings (SSSR count). The van der Waals surface area contributed by atoms with Crippen molar-refractivity contribution < 1.29 is 33.4 Å². The summed E-state index contributed by atoms with van der Waals surface area (Å²) in [5.41, 5.74) is 13.6. The molecule has 0 aliphatic rings. The van der Waals surface area contributed by atoms with Gasteiger partial charge in [0.15, 0.2) is 22.8 Å². The highest BCUT2D eigenvalue weighted by molar-refractivity contribution is 6.01. The zero-order valence-corrected chi connectivity index (χ0v) is 22.0.